The molecule has 1 N–H and O–H groups in total. The van der Waals surface area contributed by atoms with Crippen molar-refractivity contribution in [3.8, 4) is 11.5 Å². The Balaban J connectivity index is 1.76. The zero-order valence-electron chi connectivity index (χ0n) is 16.1. The van der Waals surface area contributed by atoms with Gasteiger partial charge in [0, 0.05) is 0 Å². The lowest BCUT2D eigenvalue weighted by Crippen LogP contribution is -2.10. The second-order valence-electron chi connectivity index (χ2n) is 6.31. The molecule has 150 valence electrons. The van der Waals surface area contributed by atoms with Gasteiger partial charge in [-0.15, -0.1) is 0 Å². The van der Waals surface area contributed by atoms with Gasteiger partial charge in [0.05, 0.1) is 19.4 Å². The van der Waals surface area contributed by atoms with Gasteiger partial charge >= 0.3 is 11.9 Å². The highest BCUT2D eigenvalue weighted by molar-refractivity contribution is 5.72. The van der Waals surface area contributed by atoms with E-state index in [1.807, 2.05) is 31.2 Å². The van der Waals surface area contributed by atoms with Gasteiger partial charge in [0.15, 0.2) is 0 Å². The average Bonchev–Trinajstić information content (AvgIpc) is 2.65. The van der Waals surface area contributed by atoms with Crippen molar-refractivity contribution in [2.45, 2.75) is 32.6 Å². The van der Waals surface area contributed by atoms with Crippen LogP contribution in [-0.2, 0) is 27.2 Å². The molecule has 0 spiro atoms. The smallest absolute Gasteiger partial charge is 0.310 e. The number of carbonyl (C=O) groups is 2. The van der Waals surface area contributed by atoms with E-state index in [9.17, 15) is 9.59 Å². The number of rotatable bonds is 12. The summed E-state index contributed by atoms with van der Waals surface area (Å²) in [6.07, 6.45) is 2.03. The predicted molar refractivity (Wildman–Crippen MR) is 105 cm³/mol. The Morgan fingerprint density at radius 3 is 1.96 bits per heavy atom. The number of ether oxygens (including phenoxy) is 3. The third kappa shape index (κ3) is 8.12. The van der Waals surface area contributed by atoms with Crippen LogP contribution in [0, 0.1) is 0 Å². The number of carboxylic acids is 1. The van der Waals surface area contributed by atoms with Crippen LogP contribution < -0.4 is 9.47 Å². The molecule has 0 saturated heterocycles. The van der Waals surface area contributed by atoms with Crippen LogP contribution in [0.4, 0.5) is 0 Å². The molecule has 2 aromatic carbocycles. The molecule has 0 heterocycles. The zero-order chi connectivity index (χ0) is 20.2. The first kappa shape index (κ1) is 21.3. The topological polar surface area (TPSA) is 82.1 Å². The van der Waals surface area contributed by atoms with Crippen molar-refractivity contribution in [1.29, 1.82) is 0 Å². The summed E-state index contributed by atoms with van der Waals surface area (Å²) in [4.78, 5) is 22.6. The maximum Gasteiger partial charge on any atom is 0.310 e. The first-order valence-corrected chi connectivity index (χ1v) is 9.37. The number of carbonyl (C=O) groups excluding carboxylic acids is 1. The minimum Gasteiger partial charge on any atom is -0.490 e. The second kappa shape index (κ2) is 11.6. The van der Waals surface area contributed by atoms with Crippen LogP contribution in [0.15, 0.2) is 48.5 Å². The van der Waals surface area contributed by atoms with E-state index in [1.54, 1.807) is 24.3 Å². The van der Waals surface area contributed by atoms with Crippen LogP contribution in [0.25, 0.3) is 0 Å². The first-order chi connectivity index (χ1) is 13.6. The van der Waals surface area contributed by atoms with Crippen LogP contribution in [0.2, 0.25) is 0 Å². The Labute approximate surface area is 165 Å². The van der Waals surface area contributed by atoms with Crippen molar-refractivity contribution in [2.24, 2.45) is 0 Å². The molecule has 6 heteroatoms. The first-order valence-electron chi connectivity index (χ1n) is 9.37. The highest BCUT2D eigenvalue weighted by Crippen LogP contribution is 2.16. The third-order valence-electron chi connectivity index (χ3n) is 3.88. The Hall–Kier alpha value is -3.02. The lowest BCUT2D eigenvalue weighted by Gasteiger charge is -2.10. The molecule has 0 amide bonds. The van der Waals surface area contributed by atoms with E-state index in [0.717, 1.165) is 18.4 Å². The van der Waals surface area contributed by atoms with Gasteiger partial charge < -0.3 is 19.3 Å². The summed E-state index contributed by atoms with van der Waals surface area (Å²) in [6.45, 7) is 3.15. The SMILES string of the molecule is CCCCOC(=O)Cc1cccc(OCCOc2cccc(CC(=O)O)c2)c1. The number of esters is 1. The van der Waals surface area contributed by atoms with Gasteiger partial charge in [-0.05, 0) is 41.8 Å². The summed E-state index contributed by atoms with van der Waals surface area (Å²) >= 11 is 0. The molecule has 6 nitrogen and oxygen atoms in total. The molecule has 0 aliphatic rings. The molecule has 0 radical (unpaired) electrons. The summed E-state index contributed by atoms with van der Waals surface area (Å²) in [5, 5.41) is 8.84. The van der Waals surface area contributed by atoms with Crippen molar-refractivity contribution in [1.82, 2.24) is 0 Å². The predicted octanol–water partition coefficient (Wildman–Crippen LogP) is 3.66. The summed E-state index contributed by atoms with van der Waals surface area (Å²) in [7, 11) is 0. The molecule has 0 aliphatic carbocycles. The van der Waals surface area contributed by atoms with Crippen LogP contribution in [0.5, 0.6) is 11.5 Å². The number of hydrogen-bond donors (Lipinski definition) is 1. The Morgan fingerprint density at radius 1 is 0.857 bits per heavy atom. The molecule has 0 aliphatic heterocycles. The Kier molecular flexibility index (Phi) is 8.85. The maximum absolute atomic E-state index is 11.8. The van der Waals surface area contributed by atoms with E-state index in [4.69, 9.17) is 19.3 Å². The van der Waals surface area contributed by atoms with Crippen LogP contribution >= 0.6 is 0 Å². The fourth-order valence-electron chi connectivity index (χ4n) is 2.53. The van der Waals surface area contributed by atoms with Crippen molar-refractivity contribution in [3.05, 3.63) is 59.7 Å². The lowest BCUT2D eigenvalue weighted by molar-refractivity contribution is -0.143. The van der Waals surface area contributed by atoms with E-state index in [0.29, 0.717) is 36.9 Å². The molecule has 0 aromatic heterocycles. The van der Waals surface area contributed by atoms with Gasteiger partial charge in [0.25, 0.3) is 0 Å². The highest BCUT2D eigenvalue weighted by Gasteiger charge is 2.06. The van der Waals surface area contributed by atoms with Crippen molar-refractivity contribution >= 4 is 11.9 Å². The van der Waals surface area contributed by atoms with Gasteiger partial charge in [-0.2, -0.15) is 0 Å². The van der Waals surface area contributed by atoms with E-state index in [1.165, 1.54) is 0 Å². The second-order valence-corrected chi connectivity index (χ2v) is 6.31. The summed E-state index contributed by atoms with van der Waals surface area (Å²) in [5.74, 6) is 0.137. The minimum atomic E-state index is -0.880. The minimum absolute atomic E-state index is 0.0403. The number of unbranched alkanes of at least 4 members (excludes halogenated alkanes) is 1. The fourth-order valence-corrected chi connectivity index (χ4v) is 2.53. The van der Waals surface area contributed by atoms with E-state index in [-0.39, 0.29) is 18.8 Å². The summed E-state index contributed by atoms with van der Waals surface area (Å²) < 4.78 is 16.5. The molecule has 0 atom stereocenters. The fraction of sp³-hybridized carbons (Fsp3) is 0.364. The molecule has 0 bridgehead atoms. The lowest BCUT2D eigenvalue weighted by atomic mass is 10.1. The molecular formula is C22H26O6. The van der Waals surface area contributed by atoms with Crippen molar-refractivity contribution in [3.63, 3.8) is 0 Å². The molecule has 2 aromatic rings. The Morgan fingerprint density at radius 2 is 1.43 bits per heavy atom. The van der Waals surface area contributed by atoms with Gasteiger partial charge in [0.1, 0.15) is 24.7 Å². The Bertz CT molecular complexity index is 771. The maximum atomic E-state index is 11.8. The highest BCUT2D eigenvalue weighted by atomic mass is 16.5. The van der Waals surface area contributed by atoms with Crippen LogP contribution in [-0.4, -0.2) is 36.9 Å². The van der Waals surface area contributed by atoms with Crippen molar-refractivity contribution < 1.29 is 28.9 Å². The molecule has 0 unspecified atom stereocenters. The van der Waals surface area contributed by atoms with Gasteiger partial charge in [-0.25, -0.2) is 0 Å². The average molecular weight is 386 g/mol. The standard InChI is InChI=1S/C22H26O6/c1-2-3-10-28-22(25)16-18-7-5-9-20(14-18)27-12-11-26-19-8-4-6-17(13-19)15-21(23)24/h4-9,13-14H,2-3,10-12,15-16H2,1H3,(H,23,24). The monoisotopic (exact) mass is 386 g/mol. The molecule has 28 heavy (non-hydrogen) atoms. The number of hydrogen-bond acceptors (Lipinski definition) is 5. The third-order valence-corrected chi connectivity index (χ3v) is 3.88. The quantitative estimate of drug-likeness (QED) is 0.443. The van der Waals surface area contributed by atoms with Crippen LogP contribution in [0.1, 0.15) is 30.9 Å². The van der Waals surface area contributed by atoms with E-state index >= 15 is 0 Å². The zero-order valence-corrected chi connectivity index (χ0v) is 16.1. The summed E-state index contributed by atoms with van der Waals surface area (Å²) in [5.41, 5.74) is 1.52. The molecule has 2 rings (SSSR count). The molecule has 0 fully saturated rings. The van der Waals surface area contributed by atoms with Crippen molar-refractivity contribution in [2.75, 3.05) is 19.8 Å². The summed E-state index contributed by atoms with van der Waals surface area (Å²) in [6, 6.07) is 14.3. The van der Waals surface area contributed by atoms with E-state index in [2.05, 4.69) is 0 Å². The van der Waals surface area contributed by atoms with E-state index < -0.39 is 5.97 Å². The van der Waals surface area contributed by atoms with Crippen LogP contribution in [0.3, 0.4) is 0 Å². The normalized spacial score (nSPS) is 10.3. The number of benzene rings is 2. The molecule has 0 saturated carbocycles. The van der Waals surface area contributed by atoms with Gasteiger partial charge in [-0.1, -0.05) is 37.6 Å². The largest absolute Gasteiger partial charge is 0.490 e. The van der Waals surface area contributed by atoms with Gasteiger partial charge in [-0.3, -0.25) is 9.59 Å². The van der Waals surface area contributed by atoms with Gasteiger partial charge in [0.2, 0.25) is 0 Å². The number of aliphatic carboxylic acids is 1. The molecular weight excluding hydrogens is 360 g/mol. The number of carboxylic acid groups (broad SMARTS) is 1.